The van der Waals surface area contributed by atoms with E-state index in [0.29, 0.717) is 37.5 Å². The number of benzene rings is 1. The van der Waals surface area contributed by atoms with Gasteiger partial charge in [0.05, 0.1) is 32.6 Å². The number of ether oxygens (including phenoxy) is 3. The Balaban J connectivity index is 1.90. The molecule has 0 radical (unpaired) electrons. The van der Waals surface area contributed by atoms with Gasteiger partial charge < -0.3 is 19.1 Å². The number of esters is 1. The molecule has 1 aliphatic rings. The van der Waals surface area contributed by atoms with Crippen LogP contribution >= 0.6 is 0 Å². The maximum absolute atomic E-state index is 13.4. The smallest absolute Gasteiger partial charge is 0.310 e. The first-order chi connectivity index (χ1) is 14.4. The number of pyridine rings is 1. The quantitative estimate of drug-likeness (QED) is 0.601. The van der Waals surface area contributed by atoms with Gasteiger partial charge in [-0.3, -0.25) is 4.79 Å². The number of hydrogen-bond acceptors (Lipinski definition) is 8. The van der Waals surface area contributed by atoms with Gasteiger partial charge in [-0.2, -0.15) is 4.31 Å². The van der Waals surface area contributed by atoms with Crippen LogP contribution in [-0.2, 0) is 26.0 Å². The molecule has 1 fully saturated rings. The SMILES string of the molecule is COC(=O)Cc1cc(OC)c(OC)cc1S(=O)(=O)N1CCN(c2ccccn2)CC1. The first-order valence-corrected chi connectivity index (χ1v) is 10.8. The van der Waals surface area contributed by atoms with Crippen LogP contribution in [0.15, 0.2) is 41.4 Å². The van der Waals surface area contributed by atoms with Crippen molar-refractivity contribution in [2.24, 2.45) is 0 Å². The van der Waals surface area contributed by atoms with Crippen LogP contribution in [0.5, 0.6) is 11.5 Å². The molecular weight excluding hydrogens is 410 g/mol. The number of piperazine rings is 1. The van der Waals surface area contributed by atoms with Crippen LogP contribution in [0.2, 0.25) is 0 Å². The van der Waals surface area contributed by atoms with Gasteiger partial charge in [0.15, 0.2) is 11.5 Å². The summed E-state index contributed by atoms with van der Waals surface area (Å²) in [6.07, 6.45) is 1.51. The lowest BCUT2D eigenvalue weighted by atomic mass is 10.1. The lowest BCUT2D eigenvalue weighted by Gasteiger charge is -2.35. The molecule has 2 aromatic rings. The molecule has 0 amide bonds. The van der Waals surface area contributed by atoms with E-state index in [4.69, 9.17) is 14.2 Å². The van der Waals surface area contributed by atoms with Gasteiger partial charge in [-0.1, -0.05) is 6.07 Å². The van der Waals surface area contributed by atoms with Crippen molar-refractivity contribution in [1.29, 1.82) is 0 Å². The predicted molar refractivity (Wildman–Crippen MR) is 110 cm³/mol. The molecule has 1 aromatic carbocycles. The van der Waals surface area contributed by atoms with E-state index >= 15 is 0 Å². The van der Waals surface area contributed by atoms with Crippen molar-refractivity contribution in [2.45, 2.75) is 11.3 Å². The van der Waals surface area contributed by atoms with Crippen LogP contribution in [0.25, 0.3) is 0 Å². The number of methoxy groups -OCH3 is 3. The highest BCUT2D eigenvalue weighted by Gasteiger charge is 2.32. The molecule has 3 rings (SSSR count). The molecule has 1 aliphatic heterocycles. The highest BCUT2D eigenvalue weighted by Crippen LogP contribution is 2.34. The van der Waals surface area contributed by atoms with Crippen molar-refractivity contribution < 1.29 is 27.4 Å². The van der Waals surface area contributed by atoms with E-state index in [1.807, 2.05) is 23.1 Å². The molecule has 1 saturated heterocycles. The summed E-state index contributed by atoms with van der Waals surface area (Å²) in [5.41, 5.74) is 0.298. The minimum absolute atomic E-state index is 0.0110. The largest absolute Gasteiger partial charge is 0.493 e. The Hall–Kier alpha value is -2.85. The van der Waals surface area contributed by atoms with Crippen molar-refractivity contribution in [1.82, 2.24) is 9.29 Å². The molecule has 0 bridgehead atoms. The van der Waals surface area contributed by atoms with Crippen molar-refractivity contribution >= 4 is 21.8 Å². The van der Waals surface area contributed by atoms with Crippen LogP contribution in [0.3, 0.4) is 0 Å². The van der Waals surface area contributed by atoms with Crippen molar-refractivity contribution in [3.8, 4) is 11.5 Å². The zero-order chi connectivity index (χ0) is 21.7. The summed E-state index contributed by atoms with van der Waals surface area (Å²) in [6.45, 7) is 1.61. The van der Waals surface area contributed by atoms with E-state index in [9.17, 15) is 13.2 Å². The number of nitrogens with zero attached hydrogens (tertiary/aromatic N) is 3. The van der Waals surface area contributed by atoms with Gasteiger partial charge in [0, 0.05) is 38.4 Å². The van der Waals surface area contributed by atoms with Gasteiger partial charge in [-0.05, 0) is 23.8 Å². The monoisotopic (exact) mass is 435 g/mol. The average Bonchev–Trinajstić information content (AvgIpc) is 2.79. The molecule has 0 N–H and O–H groups in total. The summed E-state index contributed by atoms with van der Waals surface area (Å²) in [4.78, 5) is 18.2. The molecule has 162 valence electrons. The predicted octanol–water partition coefficient (Wildman–Crippen LogP) is 1.33. The summed E-state index contributed by atoms with van der Waals surface area (Å²) in [5, 5.41) is 0. The molecule has 0 aliphatic carbocycles. The number of carbonyl (C=O) groups excluding carboxylic acids is 1. The molecule has 30 heavy (non-hydrogen) atoms. The average molecular weight is 436 g/mol. The fraction of sp³-hybridized carbons (Fsp3) is 0.400. The molecule has 1 aromatic heterocycles. The summed E-state index contributed by atoms with van der Waals surface area (Å²) in [5.74, 6) is 0.887. The topological polar surface area (TPSA) is 98.3 Å². The molecule has 0 spiro atoms. The highest BCUT2D eigenvalue weighted by molar-refractivity contribution is 7.89. The maximum atomic E-state index is 13.4. The first kappa shape index (κ1) is 21.8. The molecule has 10 heteroatoms. The Kier molecular flexibility index (Phi) is 6.78. The second-order valence-corrected chi connectivity index (χ2v) is 8.55. The van der Waals surface area contributed by atoms with E-state index in [-0.39, 0.29) is 17.1 Å². The third-order valence-corrected chi connectivity index (χ3v) is 6.94. The van der Waals surface area contributed by atoms with Crippen LogP contribution in [0.4, 0.5) is 5.82 Å². The van der Waals surface area contributed by atoms with Gasteiger partial charge >= 0.3 is 5.97 Å². The van der Waals surface area contributed by atoms with Crippen molar-refractivity contribution in [2.75, 3.05) is 52.4 Å². The standard InChI is InChI=1S/C20H25N3O6S/c1-27-16-12-15(13-20(24)29-3)18(14-17(16)28-2)30(25,26)23-10-8-22(9-11-23)19-6-4-5-7-21-19/h4-7,12,14H,8-11,13H2,1-3H3. The fourth-order valence-electron chi connectivity index (χ4n) is 3.35. The first-order valence-electron chi connectivity index (χ1n) is 9.38. The summed E-state index contributed by atoms with van der Waals surface area (Å²) in [7, 11) is 0.271. The Morgan fingerprint density at radius 2 is 1.70 bits per heavy atom. The Labute approximate surface area is 176 Å². The molecular formula is C20H25N3O6S. The van der Waals surface area contributed by atoms with Gasteiger partial charge in [0.1, 0.15) is 5.82 Å². The summed E-state index contributed by atoms with van der Waals surface area (Å²) < 4.78 is 43.6. The fourth-order valence-corrected chi connectivity index (χ4v) is 4.99. The number of sulfonamides is 1. The Morgan fingerprint density at radius 1 is 1.03 bits per heavy atom. The van der Waals surface area contributed by atoms with Crippen LogP contribution in [0.1, 0.15) is 5.56 Å². The second-order valence-electron chi connectivity index (χ2n) is 6.65. The van der Waals surface area contributed by atoms with Gasteiger partial charge in [0.2, 0.25) is 10.0 Å². The normalized spacial score (nSPS) is 15.0. The lowest BCUT2D eigenvalue weighted by molar-refractivity contribution is -0.139. The van der Waals surface area contributed by atoms with Crippen LogP contribution in [-0.4, -0.2) is 71.2 Å². The second kappa shape index (κ2) is 9.31. The number of carbonyl (C=O) groups is 1. The Morgan fingerprint density at radius 3 is 2.27 bits per heavy atom. The molecule has 0 unspecified atom stereocenters. The number of rotatable bonds is 7. The number of anilines is 1. The van der Waals surface area contributed by atoms with Crippen LogP contribution < -0.4 is 14.4 Å². The molecule has 2 heterocycles. The van der Waals surface area contributed by atoms with E-state index in [1.165, 1.54) is 37.8 Å². The van der Waals surface area contributed by atoms with E-state index < -0.39 is 16.0 Å². The number of hydrogen-bond donors (Lipinski definition) is 0. The van der Waals surface area contributed by atoms with E-state index in [2.05, 4.69) is 4.98 Å². The third-order valence-electron chi connectivity index (χ3n) is 4.96. The van der Waals surface area contributed by atoms with Gasteiger partial charge in [0.25, 0.3) is 0 Å². The minimum Gasteiger partial charge on any atom is -0.493 e. The maximum Gasteiger partial charge on any atom is 0.310 e. The van der Waals surface area contributed by atoms with Crippen molar-refractivity contribution in [3.63, 3.8) is 0 Å². The third kappa shape index (κ3) is 4.49. The highest BCUT2D eigenvalue weighted by atomic mass is 32.2. The minimum atomic E-state index is -3.87. The van der Waals surface area contributed by atoms with Gasteiger partial charge in [-0.15, -0.1) is 0 Å². The zero-order valence-corrected chi connectivity index (χ0v) is 18.0. The van der Waals surface area contributed by atoms with Crippen molar-refractivity contribution in [3.05, 3.63) is 42.1 Å². The lowest BCUT2D eigenvalue weighted by Crippen LogP contribution is -2.49. The zero-order valence-electron chi connectivity index (χ0n) is 17.2. The molecule has 0 saturated carbocycles. The summed E-state index contributed by atoms with van der Waals surface area (Å²) in [6, 6.07) is 8.54. The van der Waals surface area contributed by atoms with E-state index in [1.54, 1.807) is 6.20 Å². The molecule has 9 nitrogen and oxygen atoms in total. The summed E-state index contributed by atoms with van der Waals surface area (Å²) >= 11 is 0. The van der Waals surface area contributed by atoms with Crippen LogP contribution in [0, 0.1) is 0 Å². The van der Waals surface area contributed by atoms with Gasteiger partial charge in [-0.25, -0.2) is 13.4 Å². The van der Waals surface area contributed by atoms with E-state index in [0.717, 1.165) is 5.82 Å². The Bertz CT molecular complexity index is 989. The molecule has 0 atom stereocenters. The number of aromatic nitrogens is 1.